The van der Waals surface area contributed by atoms with Gasteiger partial charge >= 0.3 is 0 Å². The molecule has 0 aliphatic carbocycles. The van der Waals surface area contributed by atoms with Crippen molar-refractivity contribution in [1.82, 2.24) is 0 Å². The maximum Gasteiger partial charge on any atom is 0.0702 e. The molecule has 2 nitrogen and oxygen atoms in total. The summed E-state index contributed by atoms with van der Waals surface area (Å²) < 4.78 is 6.18. The first-order valence-corrected chi connectivity index (χ1v) is 7.40. The lowest BCUT2D eigenvalue weighted by Crippen LogP contribution is -2.10. The smallest absolute Gasteiger partial charge is 0.0702 e. The Morgan fingerprint density at radius 3 is 2.50 bits per heavy atom. The molecule has 0 amide bonds. The van der Waals surface area contributed by atoms with Crippen LogP contribution in [-0.4, -0.2) is 13.7 Å². The van der Waals surface area contributed by atoms with E-state index in [2.05, 4.69) is 46.3 Å². The largest absolute Gasteiger partial charge is 0.384 e. The van der Waals surface area contributed by atoms with Gasteiger partial charge in [0, 0.05) is 12.0 Å². The number of nitrogens with two attached hydrogens (primary N) is 1. The van der Waals surface area contributed by atoms with E-state index in [0.29, 0.717) is 0 Å². The molecule has 0 radical (unpaired) electrons. The van der Waals surface area contributed by atoms with Crippen molar-refractivity contribution in [1.29, 1.82) is 0 Å². The van der Waals surface area contributed by atoms with Gasteiger partial charge in [0.25, 0.3) is 0 Å². The molecule has 1 aromatic carbocycles. The molecule has 0 saturated carbocycles. The van der Waals surface area contributed by atoms with Gasteiger partial charge in [0.1, 0.15) is 0 Å². The quantitative estimate of drug-likeness (QED) is 0.908. The molecule has 0 saturated heterocycles. The number of thiophene rings is 1. The first-order chi connectivity index (χ1) is 8.70. The highest BCUT2D eigenvalue weighted by Crippen LogP contribution is 2.29. The Labute approximate surface area is 120 Å². The lowest BCUT2D eigenvalue weighted by atomic mass is 10.0. The molecule has 2 aromatic rings. The van der Waals surface area contributed by atoms with Crippen LogP contribution in [0.2, 0.25) is 0 Å². The summed E-state index contributed by atoms with van der Waals surface area (Å²) in [6.45, 7) is 0.753. The molecule has 0 bridgehead atoms. The zero-order valence-electron chi connectivity index (χ0n) is 10.2. The minimum atomic E-state index is -0.0437. The highest BCUT2D eigenvalue weighted by atomic mass is 79.9. The standard InChI is InChI=1S/C14H16BrNOS/c1-17-9-8-10-2-4-11(5-3-10)14(16)12-6-7-13(15)18-12/h2-7,14H,8-9,16H2,1H3. The van der Waals surface area contributed by atoms with Crippen molar-refractivity contribution in [3.63, 3.8) is 0 Å². The van der Waals surface area contributed by atoms with Crippen molar-refractivity contribution < 1.29 is 4.74 Å². The van der Waals surface area contributed by atoms with Gasteiger partial charge in [-0.15, -0.1) is 11.3 Å². The van der Waals surface area contributed by atoms with E-state index in [1.54, 1.807) is 18.4 Å². The van der Waals surface area contributed by atoms with E-state index in [9.17, 15) is 0 Å². The topological polar surface area (TPSA) is 35.2 Å². The second-order valence-corrected chi connectivity index (χ2v) is 6.60. The van der Waals surface area contributed by atoms with Crippen LogP contribution < -0.4 is 5.73 Å². The fourth-order valence-corrected chi connectivity index (χ4v) is 3.22. The van der Waals surface area contributed by atoms with E-state index >= 15 is 0 Å². The zero-order valence-corrected chi connectivity index (χ0v) is 12.6. The summed E-state index contributed by atoms with van der Waals surface area (Å²) in [6.07, 6.45) is 0.941. The van der Waals surface area contributed by atoms with Crippen molar-refractivity contribution in [2.45, 2.75) is 12.5 Å². The van der Waals surface area contributed by atoms with Crippen LogP contribution in [-0.2, 0) is 11.2 Å². The Morgan fingerprint density at radius 1 is 1.22 bits per heavy atom. The van der Waals surface area contributed by atoms with E-state index in [0.717, 1.165) is 22.4 Å². The minimum Gasteiger partial charge on any atom is -0.384 e. The first-order valence-electron chi connectivity index (χ1n) is 5.79. The van der Waals surface area contributed by atoms with E-state index < -0.39 is 0 Å². The van der Waals surface area contributed by atoms with Gasteiger partial charge in [-0.25, -0.2) is 0 Å². The van der Waals surface area contributed by atoms with Crippen LogP contribution in [0.3, 0.4) is 0 Å². The van der Waals surface area contributed by atoms with E-state index in [1.165, 1.54) is 10.4 Å². The third-order valence-electron chi connectivity index (χ3n) is 2.83. The van der Waals surface area contributed by atoms with E-state index in [4.69, 9.17) is 10.5 Å². The molecule has 2 rings (SSSR count). The van der Waals surface area contributed by atoms with Crippen molar-refractivity contribution in [2.24, 2.45) is 5.73 Å². The summed E-state index contributed by atoms with van der Waals surface area (Å²) in [7, 11) is 1.72. The predicted molar refractivity (Wildman–Crippen MR) is 80.1 cm³/mol. The van der Waals surface area contributed by atoms with Gasteiger partial charge in [-0.2, -0.15) is 0 Å². The summed E-state index contributed by atoms with van der Waals surface area (Å²) in [5, 5.41) is 0. The van der Waals surface area contributed by atoms with Crippen LogP contribution >= 0.6 is 27.3 Å². The maximum absolute atomic E-state index is 6.24. The fraction of sp³-hybridized carbons (Fsp3) is 0.286. The molecule has 0 spiro atoms. The van der Waals surface area contributed by atoms with Crippen LogP contribution in [0.15, 0.2) is 40.2 Å². The van der Waals surface area contributed by atoms with Crippen LogP contribution in [0.5, 0.6) is 0 Å². The summed E-state index contributed by atoms with van der Waals surface area (Å²) >= 11 is 5.14. The van der Waals surface area contributed by atoms with E-state index in [1.807, 2.05) is 6.07 Å². The Hall–Kier alpha value is -0.680. The number of rotatable bonds is 5. The summed E-state index contributed by atoms with van der Waals surface area (Å²) in [5.74, 6) is 0. The van der Waals surface area contributed by atoms with Gasteiger partial charge in [0.2, 0.25) is 0 Å². The Morgan fingerprint density at radius 2 is 1.94 bits per heavy atom. The number of methoxy groups -OCH3 is 1. The number of benzene rings is 1. The number of halogens is 1. The Kier molecular flexibility index (Phi) is 4.95. The van der Waals surface area contributed by atoms with Crippen molar-refractivity contribution >= 4 is 27.3 Å². The molecule has 18 heavy (non-hydrogen) atoms. The van der Waals surface area contributed by atoms with Crippen LogP contribution in [0.1, 0.15) is 22.0 Å². The molecule has 2 N–H and O–H groups in total. The third kappa shape index (κ3) is 3.42. The van der Waals surface area contributed by atoms with Gasteiger partial charge < -0.3 is 10.5 Å². The number of ether oxygens (including phenoxy) is 1. The second kappa shape index (κ2) is 6.48. The molecular weight excluding hydrogens is 310 g/mol. The molecular formula is C14H16BrNOS. The number of hydrogen-bond donors (Lipinski definition) is 1. The molecule has 96 valence electrons. The zero-order chi connectivity index (χ0) is 13.0. The molecule has 0 aliphatic rings. The average molecular weight is 326 g/mol. The van der Waals surface area contributed by atoms with Crippen molar-refractivity contribution in [2.75, 3.05) is 13.7 Å². The van der Waals surface area contributed by atoms with Gasteiger partial charge in [-0.1, -0.05) is 24.3 Å². The average Bonchev–Trinajstić information content (AvgIpc) is 2.83. The van der Waals surface area contributed by atoms with Crippen LogP contribution in [0, 0.1) is 0 Å². The summed E-state index contributed by atoms with van der Waals surface area (Å²) in [4.78, 5) is 1.17. The number of hydrogen-bond acceptors (Lipinski definition) is 3. The van der Waals surface area contributed by atoms with Gasteiger partial charge in [0.05, 0.1) is 16.4 Å². The predicted octanol–water partition coefficient (Wildman–Crippen LogP) is 3.75. The molecule has 1 heterocycles. The molecule has 0 aliphatic heterocycles. The van der Waals surface area contributed by atoms with Gasteiger partial charge in [-0.3, -0.25) is 0 Å². The molecule has 1 unspecified atom stereocenters. The molecule has 1 aromatic heterocycles. The molecule has 4 heteroatoms. The highest BCUT2D eigenvalue weighted by molar-refractivity contribution is 9.11. The van der Waals surface area contributed by atoms with Gasteiger partial charge in [0.15, 0.2) is 0 Å². The second-order valence-electron chi connectivity index (χ2n) is 4.10. The van der Waals surface area contributed by atoms with Crippen LogP contribution in [0.4, 0.5) is 0 Å². The van der Waals surface area contributed by atoms with E-state index in [-0.39, 0.29) is 6.04 Å². The molecule has 1 atom stereocenters. The Balaban J connectivity index is 2.09. The van der Waals surface area contributed by atoms with Gasteiger partial charge in [-0.05, 0) is 45.6 Å². The van der Waals surface area contributed by atoms with Crippen molar-refractivity contribution in [3.8, 4) is 0 Å². The maximum atomic E-state index is 6.24. The summed E-state index contributed by atoms with van der Waals surface area (Å²) in [6, 6.07) is 12.5. The monoisotopic (exact) mass is 325 g/mol. The summed E-state index contributed by atoms with van der Waals surface area (Å²) in [5.41, 5.74) is 8.67. The fourth-order valence-electron chi connectivity index (χ4n) is 1.77. The lowest BCUT2D eigenvalue weighted by Gasteiger charge is -2.10. The minimum absolute atomic E-state index is 0.0437. The normalized spacial score (nSPS) is 12.6. The third-order valence-corrected chi connectivity index (χ3v) is 4.54. The first kappa shape index (κ1) is 13.7. The lowest BCUT2D eigenvalue weighted by molar-refractivity contribution is 0.202. The molecule has 0 fully saturated rings. The van der Waals surface area contributed by atoms with Crippen molar-refractivity contribution in [3.05, 3.63) is 56.2 Å². The highest BCUT2D eigenvalue weighted by Gasteiger charge is 2.10. The van der Waals surface area contributed by atoms with Crippen LogP contribution in [0.25, 0.3) is 0 Å². The SMILES string of the molecule is COCCc1ccc(C(N)c2ccc(Br)s2)cc1. The Bertz CT molecular complexity index is 495.